The molecule has 2 heterocycles. The summed E-state index contributed by atoms with van der Waals surface area (Å²) in [6, 6.07) is 15.3. The number of benzene rings is 2. The number of nitrogens with one attached hydrogen (secondary N) is 3. The Bertz CT molecular complexity index is 1090. The molecule has 0 radical (unpaired) electrons. The van der Waals surface area contributed by atoms with Gasteiger partial charge in [0, 0.05) is 22.2 Å². The Balaban J connectivity index is 1.54. The first-order valence-electron chi connectivity index (χ1n) is 8.33. The topological polar surface area (TPSA) is 73.6 Å². The summed E-state index contributed by atoms with van der Waals surface area (Å²) in [5.74, 6) is -0.108. The van der Waals surface area contributed by atoms with Gasteiger partial charge in [-0.05, 0) is 48.2 Å². The molecular formula is C20H16N4O. The summed E-state index contributed by atoms with van der Waals surface area (Å²) in [5.41, 5.74) is 7.10. The van der Waals surface area contributed by atoms with Crippen molar-refractivity contribution in [2.75, 3.05) is 5.32 Å². The van der Waals surface area contributed by atoms with Crippen LogP contribution in [0.1, 0.15) is 21.5 Å². The van der Waals surface area contributed by atoms with E-state index in [9.17, 15) is 4.79 Å². The van der Waals surface area contributed by atoms with E-state index in [0.717, 1.165) is 35.4 Å². The molecule has 1 aliphatic carbocycles. The molecule has 0 spiro atoms. The number of aryl methyl sites for hydroxylation is 2. The number of nitrogens with zero attached hydrogens (tertiary/aromatic N) is 1. The minimum absolute atomic E-state index is 0.108. The standard InChI is InChI=1S/C20H16N4O/c25-20(22-14-4-2-1-3-5-14)12-6-8-15-16-9-7-13-11-21-24-18(13)19(16)23-17(15)10-12/h1-6,8,10-11,23H,7,9H2,(H,21,24)(H,22,25). The third-order valence-electron chi connectivity index (χ3n) is 4.81. The number of H-pyrrole nitrogens is 2. The third-order valence-corrected chi connectivity index (χ3v) is 4.81. The highest BCUT2D eigenvalue weighted by atomic mass is 16.1. The van der Waals surface area contributed by atoms with Gasteiger partial charge < -0.3 is 10.3 Å². The summed E-state index contributed by atoms with van der Waals surface area (Å²) in [4.78, 5) is 16.0. The SMILES string of the molecule is O=C(Nc1ccccc1)c1ccc2c3c([nH]c2c1)-c1[nH]ncc1CC3. The molecule has 0 bridgehead atoms. The van der Waals surface area contributed by atoms with Gasteiger partial charge in [0.25, 0.3) is 5.91 Å². The maximum absolute atomic E-state index is 12.5. The highest BCUT2D eigenvalue weighted by Crippen LogP contribution is 2.36. The van der Waals surface area contributed by atoms with Crippen LogP contribution in [-0.2, 0) is 12.8 Å². The largest absolute Gasteiger partial charge is 0.353 e. The molecule has 0 unspecified atom stereocenters. The molecule has 25 heavy (non-hydrogen) atoms. The second kappa shape index (κ2) is 5.34. The minimum atomic E-state index is -0.108. The molecule has 0 saturated carbocycles. The van der Waals surface area contributed by atoms with Crippen LogP contribution in [0.15, 0.2) is 54.7 Å². The number of carbonyl (C=O) groups is 1. The molecule has 0 fully saturated rings. The van der Waals surface area contributed by atoms with Crippen LogP contribution in [0.5, 0.6) is 0 Å². The molecule has 1 amide bonds. The number of amides is 1. The van der Waals surface area contributed by atoms with Gasteiger partial charge in [-0.2, -0.15) is 5.10 Å². The van der Waals surface area contributed by atoms with Crippen molar-refractivity contribution in [3.05, 3.63) is 71.4 Å². The van der Waals surface area contributed by atoms with E-state index in [1.54, 1.807) is 0 Å². The van der Waals surface area contributed by atoms with Crippen molar-refractivity contribution in [3.8, 4) is 11.4 Å². The lowest BCUT2D eigenvalue weighted by Gasteiger charge is -2.11. The van der Waals surface area contributed by atoms with Gasteiger partial charge in [-0.1, -0.05) is 24.3 Å². The summed E-state index contributed by atoms with van der Waals surface area (Å²) in [6.07, 6.45) is 3.86. The van der Waals surface area contributed by atoms with Crippen molar-refractivity contribution in [2.24, 2.45) is 0 Å². The van der Waals surface area contributed by atoms with E-state index in [0.29, 0.717) is 5.56 Å². The van der Waals surface area contributed by atoms with Gasteiger partial charge in [-0.25, -0.2) is 0 Å². The highest BCUT2D eigenvalue weighted by Gasteiger charge is 2.22. The number of hydrogen-bond donors (Lipinski definition) is 3. The van der Waals surface area contributed by atoms with Gasteiger partial charge in [0.2, 0.25) is 0 Å². The Morgan fingerprint density at radius 3 is 2.80 bits per heavy atom. The van der Waals surface area contributed by atoms with Gasteiger partial charge in [0.1, 0.15) is 0 Å². The molecule has 3 N–H and O–H groups in total. The van der Waals surface area contributed by atoms with Crippen molar-refractivity contribution in [1.82, 2.24) is 15.2 Å². The number of hydrogen-bond acceptors (Lipinski definition) is 2. The summed E-state index contributed by atoms with van der Waals surface area (Å²) < 4.78 is 0. The predicted octanol–water partition coefficient (Wildman–Crippen LogP) is 3.91. The number of anilines is 1. The van der Waals surface area contributed by atoms with E-state index in [1.807, 2.05) is 54.7 Å². The van der Waals surface area contributed by atoms with Crippen LogP contribution in [0.25, 0.3) is 22.3 Å². The summed E-state index contributed by atoms with van der Waals surface area (Å²) in [5, 5.41) is 11.3. The summed E-state index contributed by atoms with van der Waals surface area (Å²) in [6.45, 7) is 0. The molecule has 0 atom stereocenters. The lowest BCUT2D eigenvalue weighted by Crippen LogP contribution is -2.11. The predicted molar refractivity (Wildman–Crippen MR) is 97.7 cm³/mol. The van der Waals surface area contributed by atoms with Crippen molar-refractivity contribution < 1.29 is 4.79 Å². The van der Waals surface area contributed by atoms with Crippen LogP contribution >= 0.6 is 0 Å². The maximum atomic E-state index is 12.5. The zero-order valence-electron chi connectivity index (χ0n) is 13.5. The third kappa shape index (κ3) is 2.24. The number of para-hydroxylation sites is 1. The Morgan fingerprint density at radius 2 is 1.92 bits per heavy atom. The van der Waals surface area contributed by atoms with Crippen LogP contribution < -0.4 is 5.32 Å². The molecule has 2 aromatic heterocycles. The average molecular weight is 328 g/mol. The molecule has 2 aromatic carbocycles. The van der Waals surface area contributed by atoms with Gasteiger partial charge in [-0.3, -0.25) is 9.89 Å². The molecule has 0 saturated heterocycles. The van der Waals surface area contributed by atoms with Crippen LogP contribution in [0.4, 0.5) is 5.69 Å². The Labute approximate surface area is 144 Å². The monoisotopic (exact) mass is 328 g/mol. The van der Waals surface area contributed by atoms with E-state index in [-0.39, 0.29) is 5.91 Å². The van der Waals surface area contributed by atoms with Crippen LogP contribution in [0, 0.1) is 0 Å². The molecular weight excluding hydrogens is 312 g/mol. The van der Waals surface area contributed by atoms with Gasteiger partial charge in [0.05, 0.1) is 17.6 Å². The lowest BCUT2D eigenvalue weighted by atomic mass is 9.94. The number of aromatic nitrogens is 3. The van der Waals surface area contributed by atoms with Gasteiger partial charge >= 0.3 is 0 Å². The summed E-state index contributed by atoms with van der Waals surface area (Å²) >= 11 is 0. The minimum Gasteiger partial charge on any atom is -0.353 e. The van der Waals surface area contributed by atoms with Crippen molar-refractivity contribution in [3.63, 3.8) is 0 Å². The van der Waals surface area contributed by atoms with E-state index < -0.39 is 0 Å². The smallest absolute Gasteiger partial charge is 0.255 e. The van der Waals surface area contributed by atoms with Crippen LogP contribution in [0.2, 0.25) is 0 Å². The number of carbonyl (C=O) groups excluding carboxylic acids is 1. The molecule has 1 aliphatic rings. The van der Waals surface area contributed by atoms with Crippen LogP contribution in [-0.4, -0.2) is 21.1 Å². The normalized spacial score (nSPS) is 12.6. The summed E-state index contributed by atoms with van der Waals surface area (Å²) in [7, 11) is 0. The van der Waals surface area contributed by atoms with E-state index in [4.69, 9.17) is 0 Å². The zero-order valence-corrected chi connectivity index (χ0v) is 13.5. The first-order valence-corrected chi connectivity index (χ1v) is 8.33. The Morgan fingerprint density at radius 1 is 1.04 bits per heavy atom. The van der Waals surface area contributed by atoms with E-state index in [2.05, 4.69) is 20.5 Å². The molecule has 5 rings (SSSR count). The van der Waals surface area contributed by atoms with E-state index in [1.165, 1.54) is 16.5 Å². The fraction of sp³-hybridized carbons (Fsp3) is 0.100. The number of fused-ring (bicyclic) bond motifs is 5. The van der Waals surface area contributed by atoms with E-state index >= 15 is 0 Å². The molecule has 5 nitrogen and oxygen atoms in total. The second-order valence-corrected chi connectivity index (χ2v) is 6.33. The Kier molecular flexibility index (Phi) is 3.00. The first-order chi connectivity index (χ1) is 12.3. The second-order valence-electron chi connectivity index (χ2n) is 6.33. The number of aromatic amines is 2. The first kappa shape index (κ1) is 14.0. The maximum Gasteiger partial charge on any atom is 0.255 e. The number of rotatable bonds is 2. The van der Waals surface area contributed by atoms with Crippen molar-refractivity contribution in [1.29, 1.82) is 0 Å². The highest BCUT2D eigenvalue weighted by molar-refractivity contribution is 6.07. The zero-order chi connectivity index (χ0) is 16.8. The molecule has 122 valence electrons. The van der Waals surface area contributed by atoms with Crippen LogP contribution in [0.3, 0.4) is 0 Å². The molecule has 5 heteroatoms. The average Bonchev–Trinajstić information content (AvgIpc) is 3.25. The quantitative estimate of drug-likeness (QED) is 0.522. The molecule has 0 aliphatic heterocycles. The van der Waals surface area contributed by atoms with Gasteiger partial charge in [0.15, 0.2) is 0 Å². The Hall–Kier alpha value is -3.34. The fourth-order valence-electron chi connectivity index (χ4n) is 3.57. The lowest BCUT2D eigenvalue weighted by molar-refractivity contribution is 0.102. The van der Waals surface area contributed by atoms with Crippen molar-refractivity contribution in [2.45, 2.75) is 12.8 Å². The van der Waals surface area contributed by atoms with Crippen molar-refractivity contribution >= 4 is 22.5 Å². The molecule has 4 aromatic rings. The fourth-order valence-corrected chi connectivity index (χ4v) is 3.57. The van der Waals surface area contributed by atoms with Gasteiger partial charge in [-0.15, -0.1) is 0 Å².